The van der Waals surface area contributed by atoms with Crippen molar-refractivity contribution in [1.29, 1.82) is 0 Å². The van der Waals surface area contributed by atoms with Gasteiger partial charge in [0.05, 0.1) is 7.11 Å². The molecule has 0 fully saturated rings. The molecule has 22 heavy (non-hydrogen) atoms. The van der Waals surface area contributed by atoms with E-state index in [1.807, 2.05) is 60.7 Å². The lowest BCUT2D eigenvalue weighted by Gasteiger charge is -2.09. The Morgan fingerprint density at radius 3 is 2.32 bits per heavy atom. The molecule has 2 amide bonds. The van der Waals surface area contributed by atoms with Gasteiger partial charge in [0.25, 0.3) is 0 Å². The molecule has 110 valence electrons. The zero-order valence-electron chi connectivity index (χ0n) is 12.2. The third-order valence-corrected chi connectivity index (χ3v) is 3.33. The van der Waals surface area contributed by atoms with Gasteiger partial charge in [0.1, 0.15) is 5.75 Å². The van der Waals surface area contributed by atoms with Crippen LogP contribution in [-0.4, -0.2) is 13.1 Å². The Hall–Kier alpha value is -3.01. The first kappa shape index (κ1) is 13.9. The van der Waals surface area contributed by atoms with Crippen molar-refractivity contribution in [1.82, 2.24) is 0 Å². The first-order chi connectivity index (χ1) is 10.7. The van der Waals surface area contributed by atoms with E-state index in [-0.39, 0.29) is 6.03 Å². The van der Waals surface area contributed by atoms with Gasteiger partial charge in [-0.25, -0.2) is 4.79 Å². The summed E-state index contributed by atoms with van der Waals surface area (Å²) in [6.07, 6.45) is 0. The van der Waals surface area contributed by atoms with Crippen molar-refractivity contribution >= 4 is 28.2 Å². The predicted molar refractivity (Wildman–Crippen MR) is 89.6 cm³/mol. The molecule has 0 saturated heterocycles. The molecule has 2 N–H and O–H groups in total. The summed E-state index contributed by atoms with van der Waals surface area (Å²) < 4.78 is 5.13. The van der Waals surface area contributed by atoms with E-state index < -0.39 is 0 Å². The van der Waals surface area contributed by atoms with Gasteiger partial charge in [-0.15, -0.1) is 0 Å². The number of methoxy groups -OCH3 is 1. The number of fused-ring (bicyclic) bond motifs is 1. The summed E-state index contributed by atoms with van der Waals surface area (Å²) in [5.74, 6) is 0.698. The SMILES string of the molecule is COc1cccc(NC(=O)Nc2ccc3ccccc3c2)c1. The highest BCUT2D eigenvalue weighted by atomic mass is 16.5. The first-order valence-corrected chi connectivity index (χ1v) is 6.95. The summed E-state index contributed by atoms with van der Waals surface area (Å²) in [6, 6.07) is 20.8. The van der Waals surface area contributed by atoms with Crippen LogP contribution < -0.4 is 15.4 Å². The van der Waals surface area contributed by atoms with E-state index in [2.05, 4.69) is 10.6 Å². The average Bonchev–Trinajstić information content (AvgIpc) is 2.55. The number of amides is 2. The van der Waals surface area contributed by atoms with Crippen LogP contribution in [0.4, 0.5) is 16.2 Å². The molecule has 0 aromatic heterocycles. The molecule has 4 nitrogen and oxygen atoms in total. The lowest BCUT2D eigenvalue weighted by atomic mass is 10.1. The molecule has 0 radical (unpaired) electrons. The van der Waals surface area contributed by atoms with Crippen LogP contribution in [0.2, 0.25) is 0 Å². The normalized spacial score (nSPS) is 10.2. The second-order valence-corrected chi connectivity index (χ2v) is 4.87. The van der Waals surface area contributed by atoms with Crippen molar-refractivity contribution in [2.45, 2.75) is 0 Å². The highest BCUT2D eigenvalue weighted by Gasteiger charge is 2.04. The van der Waals surface area contributed by atoms with E-state index in [0.29, 0.717) is 11.4 Å². The van der Waals surface area contributed by atoms with Gasteiger partial charge in [0, 0.05) is 17.4 Å². The van der Waals surface area contributed by atoms with Gasteiger partial charge in [-0.1, -0.05) is 36.4 Å². The van der Waals surface area contributed by atoms with Crippen molar-refractivity contribution in [3.63, 3.8) is 0 Å². The monoisotopic (exact) mass is 292 g/mol. The third kappa shape index (κ3) is 3.17. The maximum atomic E-state index is 12.1. The Bertz CT molecular complexity index is 815. The van der Waals surface area contributed by atoms with Crippen molar-refractivity contribution < 1.29 is 9.53 Å². The number of nitrogens with one attached hydrogen (secondary N) is 2. The van der Waals surface area contributed by atoms with Crippen LogP contribution in [0.5, 0.6) is 5.75 Å². The summed E-state index contributed by atoms with van der Waals surface area (Å²) in [7, 11) is 1.59. The van der Waals surface area contributed by atoms with Gasteiger partial charge >= 0.3 is 6.03 Å². The molecule has 4 heteroatoms. The van der Waals surface area contributed by atoms with Gasteiger partial charge in [-0.05, 0) is 35.0 Å². The van der Waals surface area contributed by atoms with Gasteiger partial charge < -0.3 is 15.4 Å². The Morgan fingerprint density at radius 2 is 1.55 bits per heavy atom. The minimum absolute atomic E-state index is 0.288. The average molecular weight is 292 g/mol. The molecular weight excluding hydrogens is 276 g/mol. The number of urea groups is 1. The second-order valence-electron chi connectivity index (χ2n) is 4.87. The molecule has 0 aliphatic rings. The van der Waals surface area contributed by atoms with E-state index in [4.69, 9.17) is 4.74 Å². The molecule has 0 heterocycles. The van der Waals surface area contributed by atoms with Crippen LogP contribution in [0.3, 0.4) is 0 Å². The van der Waals surface area contributed by atoms with Gasteiger partial charge in [-0.3, -0.25) is 0 Å². The minimum Gasteiger partial charge on any atom is -0.497 e. The Morgan fingerprint density at radius 1 is 0.818 bits per heavy atom. The van der Waals surface area contributed by atoms with Gasteiger partial charge in [0.2, 0.25) is 0 Å². The molecule has 0 atom stereocenters. The quantitative estimate of drug-likeness (QED) is 0.747. The highest BCUT2D eigenvalue weighted by Crippen LogP contribution is 2.20. The smallest absolute Gasteiger partial charge is 0.323 e. The summed E-state index contributed by atoms with van der Waals surface area (Å²) in [6.45, 7) is 0. The number of hydrogen-bond acceptors (Lipinski definition) is 2. The van der Waals surface area contributed by atoms with Crippen molar-refractivity contribution in [2.75, 3.05) is 17.7 Å². The van der Waals surface area contributed by atoms with E-state index in [9.17, 15) is 4.79 Å². The fourth-order valence-corrected chi connectivity index (χ4v) is 2.26. The second kappa shape index (κ2) is 6.18. The van der Waals surface area contributed by atoms with Crippen LogP contribution in [0.25, 0.3) is 10.8 Å². The number of hydrogen-bond donors (Lipinski definition) is 2. The molecule has 3 aromatic carbocycles. The zero-order valence-corrected chi connectivity index (χ0v) is 12.2. The molecule has 0 aliphatic heterocycles. The third-order valence-electron chi connectivity index (χ3n) is 3.33. The number of anilines is 2. The van der Waals surface area contributed by atoms with Crippen molar-refractivity contribution in [3.05, 3.63) is 66.7 Å². The standard InChI is InChI=1S/C18H16N2O2/c1-22-17-8-4-7-15(12-17)19-18(21)20-16-10-9-13-5-2-3-6-14(13)11-16/h2-12H,1H3,(H2,19,20,21). The summed E-state index contributed by atoms with van der Waals surface area (Å²) >= 11 is 0. The molecule has 0 saturated carbocycles. The fourth-order valence-electron chi connectivity index (χ4n) is 2.26. The Labute approximate surface area is 128 Å². The maximum Gasteiger partial charge on any atom is 0.323 e. The largest absolute Gasteiger partial charge is 0.497 e. The van der Waals surface area contributed by atoms with E-state index in [1.54, 1.807) is 13.2 Å². The highest BCUT2D eigenvalue weighted by molar-refractivity contribution is 6.01. The molecule has 0 aliphatic carbocycles. The van der Waals surface area contributed by atoms with E-state index >= 15 is 0 Å². The molecule has 0 bridgehead atoms. The van der Waals surface area contributed by atoms with Gasteiger partial charge in [0.15, 0.2) is 0 Å². The number of ether oxygens (including phenoxy) is 1. The lowest BCUT2D eigenvalue weighted by Crippen LogP contribution is -2.19. The molecule has 3 rings (SSSR count). The number of carbonyl (C=O) groups is 1. The van der Waals surface area contributed by atoms with Crippen LogP contribution >= 0.6 is 0 Å². The van der Waals surface area contributed by atoms with Crippen LogP contribution in [0, 0.1) is 0 Å². The Balaban J connectivity index is 1.72. The molecule has 0 unspecified atom stereocenters. The summed E-state index contributed by atoms with van der Waals surface area (Å²) in [5, 5.41) is 7.84. The summed E-state index contributed by atoms with van der Waals surface area (Å²) in [5.41, 5.74) is 1.43. The van der Waals surface area contributed by atoms with Crippen LogP contribution in [-0.2, 0) is 0 Å². The molecule has 0 spiro atoms. The Kier molecular flexibility index (Phi) is 3.92. The molecule has 3 aromatic rings. The van der Waals surface area contributed by atoms with Crippen LogP contribution in [0.1, 0.15) is 0 Å². The van der Waals surface area contributed by atoms with Gasteiger partial charge in [-0.2, -0.15) is 0 Å². The van der Waals surface area contributed by atoms with Crippen molar-refractivity contribution in [2.24, 2.45) is 0 Å². The molecular formula is C18H16N2O2. The number of carbonyl (C=O) groups excluding carboxylic acids is 1. The lowest BCUT2D eigenvalue weighted by molar-refractivity contribution is 0.262. The minimum atomic E-state index is -0.288. The first-order valence-electron chi connectivity index (χ1n) is 6.95. The predicted octanol–water partition coefficient (Wildman–Crippen LogP) is 4.49. The number of rotatable bonds is 3. The summed E-state index contributed by atoms with van der Waals surface area (Å²) in [4.78, 5) is 12.1. The van der Waals surface area contributed by atoms with E-state index in [1.165, 1.54) is 0 Å². The number of benzene rings is 3. The zero-order chi connectivity index (χ0) is 15.4. The fraction of sp³-hybridized carbons (Fsp3) is 0.0556. The maximum absolute atomic E-state index is 12.1. The topological polar surface area (TPSA) is 50.4 Å². The van der Waals surface area contributed by atoms with E-state index in [0.717, 1.165) is 16.5 Å². The van der Waals surface area contributed by atoms with Crippen LogP contribution in [0.15, 0.2) is 66.7 Å². The van der Waals surface area contributed by atoms with Crippen molar-refractivity contribution in [3.8, 4) is 5.75 Å².